The first kappa shape index (κ1) is 12.8. The number of hydrogen-bond donors (Lipinski definition) is 1. The Balaban J connectivity index is 2.78. The minimum Gasteiger partial charge on any atom is -0.327 e. The predicted octanol–water partition coefficient (Wildman–Crippen LogP) is 2.34. The van der Waals surface area contributed by atoms with Crippen molar-refractivity contribution in [2.24, 2.45) is 11.1 Å². The topological polar surface area (TPSA) is 56.0 Å². The third-order valence-electron chi connectivity index (χ3n) is 2.86. The molecule has 0 bridgehead atoms. The first-order valence-corrected chi connectivity index (χ1v) is 5.52. The van der Waals surface area contributed by atoms with Gasteiger partial charge in [-0.3, -0.25) is 9.78 Å². The Morgan fingerprint density at radius 1 is 1.50 bits per heavy atom. The van der Waals surface area contributed by atoms with Crippen molar-refractivity contribution < 1.29 is 4.79 Å². The van der Waals surface area contributed by atoms with Gasteiger partial charge in [-0.1, -0.05) is 20.8 Å². The second-order valence-corrected chi connectivity index (χ2v) is 5.29. The van der Waals surface area contributed by atoms with Crippen LogP contribution in [0.4, 0.5) is 0 Å². The van der Waals surface area contributed by atoms with Crippen LogP contribution < -0.4 is 5.73 Å². The lowest BCUT2D eigenvalue weighted by Gasteiger charge is -2.26. The van der Waals surface area contributed by atoms with E-state index in [9.17, 15) is 4.79 Å². The van der Waals surface area contributed by atoms with Crippen LogP contribution >= 0.6 is 0 Å². The summed E-state index contributed by atoms with van der Waals surface area (Å²) in [5, 5.41) is 0. The third-order valence-corrected chi connectivity index (χ3v) is 2.86. The van der Waals surface area contributed by atoms with Gasteiger partial charge >= 0.3 is 0 Å². The lowest BCUT2D eigenvalue weighted by Crippen LogP contribution is -2.37. The Bertz CT molecular complexity index is 380. The molecule has 2 N–H and O–H groups in total. The standard InChI is InChI=1S/C13H20N2O/c1-9-5-6-15-8-10(9)11(16)7-12(14)13(2,3)4/h5-6,8,12H,7,14H2,1-4H3. The molecule has 1 unspecified atom stereocenters. The summed E-state index contributed by atoms with van der Waals surface area (Å²) in [7, 11) is 0. The molecule has 1 aromatic rings. The molecule has 1 heterocycles. The van der Waals surface area contributed by atoms with Crippen LogP contribution in [0.2, 0.25) is 0 Å². The largest absolute Gasteiger partial charge is 0.327 e. The average molecular weight is 220 g/mol. The zero-order chi connectivity index (χ0) is 12.3. The van der Waals surface area contributed by atoms with Gasteiger partial charge in [0.15, 0.2) is 5.78 Å². The lowest BCUT2D eigenvalue weighted by atomic mass is 9.83. The van der Waals surface area contributed by atoms with Crippen LogP contribution in [0, 0.1) is 12.3 Å². The summed E-state index contributed by atoms with van der Waals surface area (Å²) in [5.74, 6) is 0.0769. The fourth-order valence-corrected chi connectivity index (χ4v) is 1.37. The number of Topliss-reactive ketones (excluding diaryl/α,β-unsaturated/α-hetero) is 1. The van der Waals surface area contributed by atoms with E-state index in [2.05, 4.69) is 4.98 Å². The number of carbonyl (C=O) groups is 1. The van der Waals surface area contributed by atoms with Gasteiger partial charge in [-0.2, -0.15) is 0 Å². The van der Waals surface area contributed by atoms with Crippen molar-refractivity contribution >= 4 is 5.78 Å². The molecule has 0 spiro atoms. The highest BCUT2D eigenvalue weighted by molar-refractivity contribution is 5.97. The lowest BCUT2D eigenvalue weighted by molar-refractivity contribution is 0.0952. The SMILES string of the molecule is Cc1ccncc1C(=O)CC(N)C(C)(C)C. The molecule has 0 aliphatic rings. The molecule has 0 fully saturated rings. The smallest absolute Gasteiger partial charge is 0.166 e. The fraction of sp³-hybridized carbons (Fsp3) is 0.538. The maximum atomic E-state index is 12.0. The Morgan fingerprint density at radius 3 is 2.62 bits per heavy atom. The molecule has 0 aliphatic heterocycles. The molecule has 0 saturated heterocycles. The second-order valence-electron chi connectivity index (χ2n) is 5.29. The average Bonchev–Trinajstić information content (AvgIpc) is 2.16. The summed E-state index contributed by atoms with van der Waals surface area (Å²) < 4.78 is 0. The molecule has 3 nitrogen and oxygen atoms in total. The highest BCUT2D eigenvalue weighted by atomic mass is 16.1. The molecular weight excluding hydrogens is 200 g/mol. The van der Waals surface area contributed by atoms with Crippen LogP contribution in [0.5, 0.6) is 0 Å². The maximum absolute atomic E-state index is 12.0. The molecule has 16 heavy (non-hydrogen) atoms. The maximum Gasteiger partial charge on any atom is 0.166 e. The number of aromatic nitrogens is 1. The van der Waals surface area contributed by atoms with Crippen LogP contribution in [0.15, 0.2) is 18.5 Å². The van der Waals surface area contributed by atoms with E-state index in [0.29, 0.717) is 12.0 Å². The van der Waals surface area contributed by atoms with Crippen molar-refractivity contribution in [3.8, 4) is 0 Å². The molecule has 0 saturated carbocycles. The number of aryl methyl sites for hydroxylation is 1. The molecule has 1 atom stereocenters. The van der Waals surface area contributed by atoms with Crippen LogP contribution in [-0.2, 0) is 0 Å². The zero-order valence-electron chi connectivity index (χ0n) is 10.4. The van der Waals surface area contributed by atoms with E-state index in [0.717, 1.165) is 5.56 Å². The van der Waals surface area contributed by atoms with Gasteiger partial charge in [-0.25, -0.2) is 0 Å². The van der Waals surface area contributed by atoms with Gasteiger partial charge < -0.3 is 5.73 Å². The van der Waals surface area contributed by atoms with Gasteiger partial charge in [0.05, 0.1) is 0 Å². The second kappa shape index (κ2) is 4.74. The van der Waals surface area contributed by atoms with Gasteiger partial charge in [0.1, 0.15) is 0 Å². The van der Waals surface area contributed by atoms with E-state index >= 15 is 0 Å². The summed E-state index contributed by atoms with van der Waals surface area (Å²) in [4.78, 5) is 16.0. The number of hydrogen-bond acceptors (Lipinski definition) is 3. The van der Waals surface area contributed by atoms with E-state index < -0.39 is 0 Å². The summed E-state index contributed by atoms with van der Waals surface area (Å²) in [5.41, 5.74) is 7.59. The zero-order valence-corrected chi connectivity index (χ0v) is 10.4. The molecule has 1 rings (SSSR count). The number of pyridine rings is 1. The number of ketones is 1. The molecule has 0 radical (unpaired) electrons. The minimum atomic E-state index is -0.125. The van der Waals surface area contributed by atoms with Crippen molar-refractivity contribution in [3.05, 3.63) is 29.6 Å². The highest BCUT2D eigenvalue weighted by Gasteiger charge is 2.24. The summed E-state index contributed by atoms with van der Waals surface area (Å²) in [6.07, 6.45) is 3.68. The van der Waals surface area contributed by atoms with Gasteiger partial charge in [0.25, 0.3) is 0 Å². The quantitative estimate of drug-likeness (QED) is 0.795. The van der Waals surface area contributed by atoms with Crippen LogP contribution in [0.1, 0.15) is 43.1 Å². The normalized spacial score (nSPS) is 13.6. The summed E-state index contributed by atoms with van der Waals surface area (Å²) in [6.45, 7) is 8.04. The first-order valence-electron chi connectivity index (χ1n) is 5.52. The van der Waals surface area contributed by atoms with E-state index in [-0.39, 0.29) is 17.2 Å². The monoisotopic (exact) mass is 220 g/mol. The van der Waals surface area contributed by atoms with Crippen molar-refractivity contribution in [1.29, 1.82) is 0 Å². The summed E-state index contributed by atoms with van der Waals surface area (Å²) >= 11 is 0. The molecule has 0 amide bonds. The number of nitrogens with zero attached hydrogens (tertiary/aromatic N) is 1. The van der Waals surface area contributed by atoms with Gasteiger partial charge in [-0.15, -0.1) is 0 Å². The van der Waals surface area contributed by atoms with E-state index in [1.54, 1.807) is 12.4 Å². The van der Waals surface area contributed by atoms with E-state index in [1.807, 2.05) is 33.8 Å². The molecule has 88 valence electrons. The van der Waals surface area contributed by atoms with Crippen molar-refractivity contribution in [1.82, 2.24) is 4.98 Å². The van der Waals surface area contributed by atoms with Crippen LogP contribution in [0.25, 0.3) is 0 Å². The number of carbonyl (C=O) groups excluding carboxylic acids is 1. The van der Waals surface area contributed by atoms with E-state index in [4.69, 9.17) is 5.73 Å². The molecular formula is C13H20N2O. The fourth-order valence-electron chi connectivity index (χ4n) is 1.37. The molecule has 3 heteroatoms. The van der Waals surface area contributed by atoms with Gasteiger partial charge in [0, 0.05) is 30.4 Å². The predicted molar refractivity (Wildman–Crippen MR) is 65.4 cm³/mol. The van der Waals surface area contributed by atoms with Crippen LogP contribution in [-0.4, -0.2) is 16.8 Å². The van der Waals surface area contributed by atoms with Crippen molar-refractivity contribution in [3.63, 3.8) is 0 Å². The van der Waals surface area contributed by atoms with Gasteiger partial charge in [0.2, 0.25) is 0 Å². The Morgan fingerprint density at radius 2 is 2.12 bits per heavy atom. The van der Waals surface area contributed by atoms with E-state index in [1.165, 1.54) is 0 Å². The Kier molecular flexibility index (Phi) is 3.81. The number of rotatable bonds is 3. The molecule has 0 aliphatic carbocycles. The van der Waals surface area contributed by atoms with Crippen molar-refractivity contribution in [2.45, 2.75) is 40.2 Å². The highest BCUT2D eigenvalue weighted by Crippen LogP contribution is 2.21. The molecule has 0 aromatic carbocycles. The molecule has 1 aromatic heterocycles. The Hall–Kier alpha value is -1.22. The Labute approximate surface area is 97.1 Å². The van der Waals surface area contributed by atoms with Crippen LogP contribution in [0.3, 0.4) is 0 Å². The number of nitrogens with two attached hydrogens (primary N) is 1. The van der Waals surface area contributed by atoms with Gasteiger partial charge in [-0.05, 0) is 24.0 Å². The minimum absolute atomic E-state index is 0.0498. The van der Waals surface area contributed by atoms with Crippen molar-refractivity contribution in [2.75, 3.05) is 0 Å². The summed E-state index contributed by atoms with van der Waals surface area (Å²) in [6, 6.07) is 1.72. The first-order chi connectivity index (χ1) is 7.32. The third kappa shape index (κ3) is 3.14.